The summed E-state index contributed by atoms with van der Waals surface area (Å²) in [5, 5.41) is 9.72. The third-order valence-corrected chi connectivity index (χ3v) is 10.3. The Morgan fingerprint density at radius 3 is 2.20 bits per heavy atom. The summed E-state index contributed by atoms with van der Waals surface area (Å²) in [5.74, 6) is -0.373. The Bertz CT molecular complexity index is 1380. The number of carboxylic acid groups (broad SMARTS) is 1. The number of piperidine rings is 1. The summed E-state index contributed by atoms with van der Waals surface area (Å²) in [4.78, 5) is 13.7. The first-order valence-electron chi connectivity index (χ1n) is 15.3. The van der Waals surface area contributed by atoms with Crippen LogP contribution in [0.25, 0.3) is 0 Å². The molecular weight excluding hydrogens is 588 g/mol. The van der Waals surface area contributed by atoms with Crippen molar-refractivity contribution in [2.24, 2.45) is 29.6 Å². The lowest BCUT2D eigenvalue weighted by molar-refractivity contribution is -0.143. The lowest BCUT2D eigenvalue weighted by atomic mass is 9.71. The van der Waals surface area contributed by atoms with E-state index in [9.17, 15) is 36.2 Å². The molecule has 0 spiro atoms. The smallest absolute Gasteiger partial charge is 0.416 e. The third kappa shape index (κ3) is 6.06. The quantitative estimate of drug-likeness (QED) is 0.322. The molecule has 6 atom stereocenters. The lowest BCUT2D eigenvalue weighted by Gasteiger charge is -2.51. The Hall–Kier alpha value is -2.79. The van der Waals surface area contributed by atoms with Crippen LogP contribution in [0.5, 0.6) is 5.75 Å². The predicted molar refractivity (Wildman–Crippen MR) is 149 cm³/mol. The minimum absolute atomic E-state index is 0.0638. The highest BCUT2D eigenvalue weighted by molar-refractivity contribution is 5.71. The zero-order chi connectivity index (χ0) is 31.6. The summed E-state index contributed by atoms with van der Waals surface area (Å²) >= 11 is 0. The van der Waals surface area contributed by atoms with E-state index in [4.69, 9.17) is 9.47 Å². The average Bonchev–Trinajstić information content (AvgIpc) is 3.79. The maximum Gasteiger partial charge on any atom is 0.416 e. The molecule has 1 N–H and O–H groups in total. The van der Waals surface area contributed by atoms with E-state index in [1.54, 1.807) is 13.8 Å². The van der Waals surface area contributed by atoms with Crippen LogP contribution in [0.2, 0.25) is 0 Å². The zero-order valence-corrected chi connectivity index (χ0v) is 24.6. The van der Waals surface area contributed by atoms with E-state index in [1.807, 2.05) is 23.1 Å². The monoisotopic (exact) mass is 625 g/mol. The summed E-state index contributed by atoms with van der Waals surface area (Å²) < 4.78 is 94.7. The molecular formula is C33H37F6NO4. The van der Waals surface area contributed by atoms with Gasteiger partial charge < -0.3 is 14.6 Å². The van der Waals surface area contributed by atoms with Gasteiger partial charge in [-0.05, 0) is 85.4 Å². The average molecular weight is 626 g/mol. The zero-order valence-electron chi connectivity index (χ0n) is 24.6. The Labute approximate surface area is 252 Å². The first-order chi connectivity index (χ1) is 20.7. The number of aryl methyl sites for hydroxylation is 1. The summed E-state index contributed by atoms with van der Waals surface area (Å²) in [7, 11) is 0. The molecule has 2 bridgehead atoms. The molecule has 2 aromatic carbocycles. The molecule has 0 aromatic heterocycles. The number of likely N-dealkylation sites (tertiary alicyclic amines) is 1. The number of rotatable bonds is 7. The van der Waals surface area contributed by atoms with Crippen molar-refractivity contribution < 1.29 is 45.7 Å². The van der Waals surface area contributed by atoms with Crippen LogP contribution in [-0.4, -0.2) is 48.4 Å². The first kappa shape index (κ1) is 31.2. The van der Waals surface area contributed by atoms with E-state index < -0.39 is 41.4 Å². The predicted octanol–water partition coefficient (Wildman–Crippen LogP) is 7.59. The molecule has 6 rings (SSSR count). The standard InChI is InChI=1S/C33H37F6NO4/c1-17(31(41)42)29(20-4-5-20)21-6-3-19-7-10-27(44-28(19)11-21)30-22-13-40(14-23(30)16-43-15-22)18(2)25-12-24(32(34,35)36)8-9-26(25)33(37,38)39/h3,6,8-9,11-12,17-18,20,22-23,27,29-30H,4-5,7,10,13-16H2,1-2H3,(H,41,42)/t17-,18+,22?,23?,27?,29?,30?/m0/s1. The van der Waals surface area contributed by atoms with Gasteiger partial charge in [0.1, 0.15) is 11.9 Å². The molecule has 1 aliphatic carbocycles. The van der Waals surface area contributed by atoms with Crippen molar-refractivity contribution in [1.82, 2.24) is 4.90 Å². The van der Waals surface area contributed by atoms with Crippen molar-refractivity contribution in [1.29, 1.82) is 0 Å². The number of benzene rings is 2. The highest BCUT2D eigenvalue weighted by Gasteiger charge is 2.48. The van der Waals surface area contributed by atoms with Crippen molar-refractivity contribution in [2.45, 2.75) is 69.9 Å². The second kappa shape index (κ2) is 11.5. The molecule has 0 radical (unpaired) electrons. The molecule has 3 heterocycles. The van der Waals surface area contributed by atoms with Crippen molar-refractivity contribution in [3.05, 3.63) is 64.2 Å². The van der Waals surface area contributed by atoms with Crippen LogP contribution in [-0.2, 0) is 28.3 Å². The Balaban J connectivity index is 1.22. The molecule has 240 valence electrons. The van der Waals surface area contributed by atoms with Crippen LogP contribution in [0, 0.1) is 29.6 Å². The molecule has 4 aliphatic rings. The number of hydrogen-bond acceptors (Lipinski definition) is 4. The maximum absolute atomic E-state index is 13.9. The highest BCUT2D eigenvalue weighted by Crippen LogP contribution is 2.49. The third-order valence-electron chi connectivity index (χ3n) is 10.3. The van der Waals surface area contributed by atoms with Gasteiger partial charge in [-0.2, -0.15) is 26.3 Å². The first-order valence-corrected chi connectivity index (χ1v) is 15.3. The Morgan fingerprint density at radius 1 is 0.932 bits per heavy atom. The van der Waals surface area contributed by atoms with Gasteiger partial charge in [0.2, 0.25) is 0 Å². The van der Waals surface area contributed by atoms with Crippen molar-refractivity contribution in [2.75, 3.05) is 26.3 Å². The summed E-state index contributed by atoms with van der Waals surface area (Å²) in [6.45, 7) is 4.84. The summed E-state index contributed by atoms with van der Waals surface area (Å²) in [6, 6.07) is 6.85. The lowest BCUT2D eigenvalue weighted by Crippen LogP contribution is -2.57. The molecule has 5 nitrogen and oxygen atoms in total. The number of nitrogens with zero attached hydrogens (tertiary/aromatic N) is 1. The highest BCUT2D eigenvalue weighted by atomic mass is 19.4. The molecule has 44 heavy (non-hydrogen) atoms. The maximum atomic E-state index is 13.9. The van der Waals surface area contributed by atoms with E-state index in [0.717, 1.165) is 42.6 Å². The van der Waals surface area contributed by atoms with E-state index in [0.29, 0.717) is 50.4 Å². The fourth-order valence-electron chi connectivity index (χ4n) is 7.93. The van der Waals surface area contributed by atoms with Gasteiger partial charge in [0.05, 0.1) is 30.3 Å². The number of carboxylic acids is 1. The Morgan fingerprint density at radius 2 is 1.61 bits per heavy atom. The van der Waals surface area contributed by atoms with Crippen LogP contribution < -0.4 is 4.74 Å². The minimum Gasteiger partial charge on any atom is -0.490 e. The second-order valence-electron chi connectivity index (χ2n) is 13.1. The number of hydrogen-bond donors (Lipinski definition) is 1. The number of halogens is 6. The summed E-state index contributed by atoms with van der Waals surface area (Å²) in [5.41, 5.74) is -0.483. The van der Waals surface area contributed by atoms with Gasteiger partial charge in [-0.3, -0.25) is 9.69 Å². The molecule has 0 amide bonds. The van der Waals surface area contributed by atoms with Gasteiger partial charge in [0.15, 0.2) is 0 Å². The van der Waals surface area contributed by atoms with Crippen LogP contribution in [0.3, 0.4) is 0 Å². The topological polar surface area (TPSA) is 59.0 Å². The van der Waals surface area contributed by atoms with Gasteiger partial charge in [-0.15, -0.1) is 0 Å². The van der Waals surface area contributed by atoms with Gasteiger partial charge in [0, 0.05) is 36.9 Å². The largest absolute Gasteiger partial charge is 0.490 e. The Kier molecular flexibility index (Phi) is 8.18. The normalized spacial score (nSPS) is 28.0. The molecule has 1 saturated carbocycles. The van der Waals surface area contributed by atoms with Gasteiger partial charge in [0.25, 0.3) is 0 Å². The van der Waals surface area contributed by atoms with Crippen molar-refractivity contribution >= 4 is 5.97 Å². The fourth-order valence-corrected chi connectivity index (χ4v) is 7.93. The van der Waals surface area contributed by atoms with Gasteiger partial charge >= 0.3 is 18.3 Å². The fraction of sp³-hybridized carbons (Fsp3) is 0.606. The van der Waals surface area contributed by atoms with Crippen LogP contribution in [0.4, 0.5) is 26.3 Å². The van der Waals surface area contributed by atoms with Crippen molar-refractivity contribution in [3.8, 4) is 5.75 Å². The van der Waals surface area contributed by atoms with Crippen LogP contribution >= 0.6 is 0 Å². The molecule has 11 heteroatoms. The molecule has 2 aromatic rings. The minimum atomic E-state index is -4.78. The number of fused-ring (bicyclic) bond motifs is 3. The van der Waals surface area contributed by atoms with Gasteiger partial charge in [-0.25, -0.2) is 0 Å². The number of carbonyl (C=O) groups is 1. The second-order valence-corrected chi connectivity index (χ2v) is 13.1. The van der Waals surface area contributed by atoms with E-state index in [-0.39, 0.29) is 35.3 Å². The van der Waals surface area contributed by atoms with E-state index in [1.165, 1.54) is 0 Å². The number of aliphatic carboxylic acids is 1. The van der Waals surface area contributed by atoms with Crippen molar-refractivity contribution in [3.63, 3.8) is 0 Å². The number of ether oxygens (including phenoxy) is 2. The SMILES string of the molecule is C[C@H](C(=O)O)C(c1ccc2c(c1)OC(C1C3COCC1CN([C@H](C)c1cc(C(F)(F)F)ccc1C(F)(F)F)C3)CC2)C1CC1. The van der Waals surface area contributed by atoms with E-state index >= 15 is 0 Å². The molecule has 3 aliphatic heterocycles. The number of alkyl halides is 6. The summed E-state index contributed by atoms with van der Waals surface area (Å²) in [6.07, 6.45) is -6.11. The molecule has 2 saturated heterocycles. The molecule has 3 fully saturated rings. The van der Waals surface area contributed by atoms with Gasteiger partial charge in [-0.1, -0.05) is 19.1 Å². The van der Waals surface area contributed by atoms with Crippen LogP contribution in [0.15, 0.2) is 36.4 Å². The molecule has 4 unspecified atom stereocenters. The van der Waals surface area contributed by atoms with E-state index in [2.05, 4.69) is 0 Å². The van der Waals surface area contributed by atoms with Crippen LogP contribution in [0.1, 0.15) is 72.9 Å².